The van der Waals surface area contributed by atoms with Gasteiger partial charge in [-0.3, -0.25) is 14.4 Å². The summed E-state index contributed by atoms with van der Waals surface area (Å²) in [5, 5.41) is 15.7. The molecule has 0 fully saturated rings. The molecule has 2 aromatic carbocycles. The number of carbonyl (C=O) groups excluding carboxylic acids is 3. The Hall–Kier alpha value is -3.71. The molecule has 0 heterocycles. The van der Waals surface area contributed by atoms with Gasteiger partial charge in [-0.1, -0.05) is 93.6 Å². The van der Waals surface area contributed by atoms with Crippen molar-refractivity contribution in [3.05, 3.63) is 97.1 Å². The lowest BCUT2D eigenvalue weighted by Gasteiger charge is -2.32. The maximum absolute atomic E-state index is 13.4. The zero-order valence-electron chi connectivity index (χ0n) is 24.7. The molecule has 41 heavy (non-hydrogen) atoms. The molecule has 0 saturated heterocycles. The highest BCUT2D eigenvalue weighted by Gasteiger charge is 2.32. The maximum Gasteiger partial charge on any atom is 0.309 e. The first-order valence-electron chi connectivity index (χ1n) is 14.2. The van der Waals surface area contributed by atoms with Crippen molar-refractivity contribution in [3.63, 3.8) is 0 Å². The molecule has 0 bridgehead atoms. The molecule has 0 saturated carbocycles. The summed E-state index contributed by atoms with van der Waals surface area (Å²) in [6.45, 7) is 13.2. The molecule has 0 aliphatic carbocycles. The minimum atomic E-state index is -0.657. The van der Waals surface area contributed by atoms with Crippen LogP contribution in [-0.2, 0) is 32.0 Å². The molecule has 2 aromatic rings. The Labute approximate surface area is 245 Å². The van der Waals surface area contributed by atoms with Crippen LogP contribution >= 0.6 is 0 Å². The Morgan fingerprint density at radius 2 is 1.39 bits per heavy atom. The van der Waals surface area contributed by atoms with E-state index >= 15 is 0 Å². The van der Waals surface area contributed by atoms with Crippen LogP contribution in [0.15, 0.2) is 86.0 Å². The van der Waals surface area contributed by atoms with Crippen LogP contribution in [0.25, 0.3) is 0 Å². The number of amides is 2. The number of nitrogens with one attached hydrogen (secondary N) is 2. The van der Waals surface area contributed by atoms with Gasteiger partial charge in [0.15, 0.2) is 0 Å². The lowest BCUT2D eigenvalue weighted by Crippen LogP contribution is -2.50. The van der Waals surface area contributed by atoms with Crippen molar-refractivity contribution in [3.8, 4) is 0 Å². The van der Waals surface area contributed by atoms with Crippen LogP contribution in [0.5, 0.6) is 0 Å². The average Bonchev–Trinajstić information content (AvgIpc) is 2.94. The second kappa shape index (κ2) is 17.2. The number of hydrogen-bond acceptors (Lipinski definition) is 5. The summed E-state index contributed by atoms with van der Waals surface area (Å²) in [5.74, 6) is -2.01. The number of esters is 1. The second-order valence-corrected chi connectivity index (χ2v) is 11.5. The van der Waals surface area contributed by atoms with Crippen molar-refractivity contribution < 1.29 is 24.2 Å². The third-order valence-electron chi connectivity index (χ3n) is 7.03. The molecular formula is C34H46N2O5. The monoisotopic (exact) mass is 562 g/mol. The van der Waals surface area contributed by atoms with Crippen molar-refractivity contribution in [1.29, 1.82) is 0 Å². The predicted octanol–water partition coefficient (Wildman–Crippen LogP) is 4.80. The number of ether oxygens (including phenoxy) is 1. The van der Waals surface area contributed by atoms with E-state index in [1.807, 2.05) is 81.4 Å². The summed E-state index contributed by atoms with van der Waals surface area (Å²) in [6.07, 6.45) is 5.07. The highest BCUT2D eigenvalue weighted by atomic mass is 16.5. The summed E-state index contributed by atoms with van der Waals surface area (Å²) >= 11 is 0. The number of hydrogen-bond donors (Lipinski definition) is 3. The van der Waals surface area contributed by atoms with Crippen molar-refractivity contribution >= 4 is 17.8 Å². The third kappa shape index (κ3) is 12.1. The van der Waals surface area contributed by atoms with E-state index in [2.05, 4.69) is 23.8 Å². The van der Waals surface area contributed by atoms with Crippen molar-refractivity contribution in [2.75, 3.05) is 13.2 Å². The van der Waals surface area contributed by atoms with Crippen molar-refractivity contribution in [2.24, 2.45) is 17.3 Å². The Bertz CT molecular complexity index is 1110. The number of benzene rings is 2. The van der Waals surface area contributed by atoms with Crippen LogP contribution in [0, 0.1) is 17.3 Å². The van der Waals surface area contributed by atoms with Gasteiger partial charge in [-0.25, -0.2) is 0 Å². The summed E-state index contributed by atoms with van der Waals surface area (Å²) in [7, 11) is 0. The molecule has 0 aromatic heterocycles. The van der Waals surface area contributed by atoms with Crippen LogP contribution in [0.3, 0.4) is 0 Å². The van der Waals surface area contributed by atoms with Crippen LogP contribution in [0.1, 0.15) is 51.2 Å². The van der Waals surface area contributed by atoms with Gasteiger partial charge in [0.05, 0.1) is 30.5 Å². The Morgan fingerprint density at radius 3 is 1.90 bits per heavy atom. The topological polar surface area (TPSA) is 105 Å². The molecule has 2 rings (SSSR count). The standard InChI is InChI=1S/C34H46N2O5/c1-6-14-27(22-31(38)35-29(23-37)21-26-18-12-9-13-19-26)32(39)36-30(34(3,4)5)24-41-33(40)28(15-7-2)20-25-16-10-8-11-17-25/h6-13,16-19,27-30,37H,1-2,14-15,20-24H2,3-5H3,(H,35,38)(H,36,39)/t27-,28-,29-,30-/m1/s1. The SMILES string of the molecule is C=CC[C@H](CC(=O)N[C@@H](CO)Cc1ccccc1)C(=O)N[C@H](COC(=O)[C@H](CC=C)Cc1ccccc1)C(C)(C)C. The molecular weight excluding hydrogens is 516 g/mol. The van der Waals surface area contributed by atoms with E-state index < -0.39 is 23.4 Å². The minimum Gasteiger partial charge on any atom is -0.463 e. The first-order chi connectivity index (χ1) is 19.6. The third-order valence-corrected chi connectivity index (χ3v) is 7.03. The number of aliphatic hydroxyl groups excluding tert-OH is 1. The highest BCUT2D eigenvalue weighted by Crippen LogP contribution is 2.23. The van der Waals surface area contributed by atoms with E-state index in [0.29, 0.717) is 25.7 Å². The van der Waals surface area contributed by atoms with Crippen molar-refractivity contribution in [1.82, 2.24) is 10.6 Å². The normalized spacial score (nSPS) is 14.1. The van der Waals surface area contributed by atoms with E-state index in [0.717, 1.165) is 11.1 Å². The maximum atomic E-state index is 13.4. The molecule has 0 aliphatic heterocycles. The zero-order chi connectivity index (χ0) is 30.3. The van der Waals surface area contributed by atoms with Crippen molar-refractivity contribution in [2.45, 2.75) is 65.0 Å². The van der Waals surface area contributed by atoms with Gasteiger partial charge in [0.25, 0.3) is 0 Å². The number of rotatable bonds is 17. The Kier molecular flexibility index (Phi) is 14.0. The quantitative estimate of drug-likeness (QED) is 0.190. The smallest absolute Gasteiger partial charge is 0.309 e. The number of allylic oxidation sites excluding steroid dienone is 2. The van der Waals surface area contributed by atoms with E-state index in [9.17, 15) is 19.5 Å². The van der Waals surface area contributed by atoms with Crippen LogP contribution in [0.2, 0.25) is 0 Å². The van der Waals surface area contributed by atoms with Gasteiger partial charge in [-0.05, 0) is 42.2 Å². The van der Waals surface area contributed by atoms with Crippen LogP contribution < -0.4 is 10.6 Å². The molecule has 7 nitrogen and oxygen atoms in total. The fraction of sp³-hybridized carbons (Fsp3) is 0.441. The largest absolute Gasteiger partial charge is 0.463 e. The summed E-state index contributed by atoms with van der Waals surface area (Å²) in [6, 6.07) is 18.4. The molecule has 0 radical (unpaired) electrons. The first kappa shape index (κ1) is 33.5. The van der Waals surface area contributed by atoms with Gasteiger partial charge in [-0.15, -0.1) is 13.2 Å². The summed E-state index contributed by atoms with van der Waals surface area (Å²) in [5.41, 5.74) is 1.62. The molecule has 0 spiro atoms. The molecule has 4 atom stereocenters. The number of aliphatic hydroxyl groups is 1. The lowest BCUT2D eigenvalue weighted by molar-refractivity contribution is -0.150. The molecule has 3 N–H and O–H groups in total. The van der Waals surface area contributed by atoms with Crippen LogP contribution in [-0.4, -0.2) is 48.2 Å². The average molecular weight is 563 g/mol. The molecule has 7 heteroatoms. The van der Waals surface area contributed by atoms with Gasteiger partial charge >= 0.3 is 5.97 Å². The fourth-order valence-electron chi connectivity index (χ4n) is 4.50. The van der Waals surface area contributed by atoms with Gasteiger partial charge in [0.1, 0.15) is 6.61 Å². The molecule has 222 valence electrons. The van der Waals surface area contributed by atoms with E-state index in [-0.39, 0.29) is 43.3 Å². The molecule has 2 amide bonds. The summed E-state index contributed by atoms with van der Waals surface area (Å²) < 4.78 is 5.73. The first-order valence-corrected chi connectivity index (χ1v) is 14.2. The van der Waals surface area contributed by atoms with Gasteiger partial charge in [0, 0.05) is 6.42 Å². The van der Waals surface area contributed by atoms with Gasteiger partial charge in [-0.2, -0.15) is 0 Å². The minimum absolute atomic E-state index is 0.00712. The zero-order valence-corrected chi connectivity index (χ0v) is 24.7. The Balaban J connectivity index is 2.01. The van der Waals surface area contributed by atoms with Gasteiger partial charge in [0.2, 0.25) is 11.8 Å². The fourth-order valence-corrected chi connectivity index (χ4v) is 4.50. The summed E-state index contributed by atoms with van der Waals surface area (Å²) in [4.78, 5) is 39.2. The highest BCUT2D eigenvalue weighted by molar-refractivity contribution is 5.86. The second-order valence-electron chi connectivity index (χ2n) is 11.5. The van der Waals surface area contributed by atoms with E-state index in [4.69, 9.17) is 4.74 Å². The van der Waals surface area contributed by atoms with E-state index in [1.54, 1.807) is 12.2 Å². The lowest BCUT2D eigenvalue weighted by atomic mass is 9.86. The predicted molar refractivity (Wildman–Crippen MR) is 163 cm³/mol. The van der Waals surface area contributed by atoms with Crippen LogP contribution in [0.4, 0.5) is 0 Å². The number of carbonyl (C=O) groups is 3. The Morgan fingerprint density at radius 1 is 0.854 bits per heavy atom. The molecule has 0 aliphatic rings. The van der Waals surface area contributed by atoms with Gasteiger partial charge < -0.3 is 20.5 Å². The molecule has 0 unspecified atom stereocenters. The van der Waals surface area contributed by atoms with E-state index in [1.165, 1.54) is 0 Å².